The predicted molar refractivity (Wildman–Crippen MR) is 298 cm³/mol. The number of imidazole rings is 1. The van der Waals surface area contributed by atoms with Crippen molar-refractivity contribution in [3.05, 3.63) is 239 Å². The molecule has 6 nitrogen and oxygen atoms in total. The number of para-hydroxylation sites is 4. The van der Waals surface area contributed by atoms with Gasteiger partial charge in [-0.1, -0.05) is 32.4 Å². The van der Waals surface area contributed by atoms with Crippen LogP contribution in [-0.4, -0.2) is 23.3 Å². The fraction of sp³-hybridized carbons (Fsp3) is 0.0909. The molecule has 0 fully saturated rings. The van der Waals surface area contributed by atoms with E-state index in [4.69, 9.17) is 17.9 Å². The number of hydrogen-bond acceptors (Lipinski definition) is 2. The molecule has 13 rings (SSSR count). The van der Waals surface area contributed by atoms with Gasteiger partial charge >= 0.3 is 382 Å². The predicted octanol–water partition coefficient (Wildman–Crippen LogP) is 17.1. The van der Waals surface area contributed by atoms with E-state index >= 15 is 0 Å². The van der Waals surface area contributed by atoms with Crippen molar-refractivity contribution >= 4 is 54.6 Å². The van der Waals surface area contributed by atoms with Gasteiger partial charge in [0.15, 0.2) is 0 Å². The molecule has 73 heavy (non-hydrogen) atoms. The fourth-order valence-corrected chi connectivity index (χ4v) is 11.6. The zero-order valence-corrected chi connectivity index (χ0v) is 42.7. The Hall–Kier alpha value is -8.31. The molecule has 0 unspecified atom stereocenters. The molecular formula is C66H51N5OPt. The molecule has 4 heterocycles. The van der Waals surface area contributed by atoms with Crippen molar-refractivity contribution in [3.8, 4) is 56.6 Å². The van der Waals surface area contributed by atoms with Gasteiger partial charge in [0, 0.05) is 6.20 Å². The molecule has 9 aromatic carbocycles. The summed E-state index contributed by atoms with van der Waals surface area (Å²) < 4.78 is 107. The zero-order valence-electron chi connectivity index (χ0n) is 50.5. The average molecular weight is 1140 g/mol. The summed E-state index contributed by atoms with van der Waals surface area (Å²) in [6, 6.07) is 43.9. The zero-order chi connectivity index (χ0) is 58.2. The molecule has 0 saturated carbocycles. The number of hydrogen-bond donors (Lipinski definition) is 0. The number of aryl methyl sites for hydroxylation is 2. The third-order valence-corrected chi connectivity index (χ3v) is 14.7. The number of fused-ring (bicyclic) bond motifs is 7. The summed E-state index contributed by atoms with van der Waals surface area (Å²) in [6.07, 6.45) is 1.87. The standard InChI is InChI=1S/C66H51N5O.Pt/c1-43-35-44(2)64-57(36-43)54-32-31-51(41-62(54)71(64)63-37-47(33-34-67-63)66(3,4)5)72-50-24-18-23-48(38-50)68-42-69(61-30-17-16-29-60(61)68)65-55(45-19-8-6-9-20-45)39-49(40-56(65)46-21-10-7-11-22-46)70-58-27-14-12-25-52(58)53-26-13-15-28-59(53)70;/h6-41H,1-5H3;/i6D,7D,8D,9D,10D,11D,19D,20D,21D,22D;. The summed E-state index contributed by atoms with van der Waals surface area (Å²) in [4.78, 5) is 4.93. The summed E-state index contributed by atoms with van der Waals surface area (Å²) in [5, 5.41) is 4.02. The second kappa shape index (κ2) is 17.5. The number of pyridine rings is 1. The van der Waals surface area contributed by atoms with Gasteiger partial charge < -0.3 is 0 Å². The van der Waals surface area contributed by atoms with Gasteiger partial charge in [-0.2, -0.15) is 0 Å². The minimum atomic E-state index is -0.578. The van der Waals surface area contributed by atoms with Crippen molar-refractivity contribution in [3.63, 3.8) is 0 Å². The Balaban J connectivity index is 1.07. The van der Waals surface area contributed by atoms with E-state index in [1.165, 1.54) is 0 Å². The molecule has 4 aromatic heterocycles. The van der Waals surface area contributed by atoms with E-state index in [1.807, 2.05) is 123 Å². The van der Waals surface area contributed by atoms with Gasteiger partial charge in [0.25, 0.3) is 0 Å². The maximum absolute atomic E-state index is 9.57. The van der Waals surface area contributed by atoms with Crippen LogP contribution < -0.4 is 4.74 Å². The normalized spacial score (nSPS) is 13.9. The number of aromatic nitrogens is 5. The number of benzene rings is 9. The van der Waals surface area contributed by atoms with Gasteiger partial charge in [-0.15, -0.1) is 0 Å². The summed E-state index contributed by atoms with van der Waals surface area (Å²) in [5.41, 5.74) is 9.59. The topological polar surface area (TPSA) is 41.8 Å². The van der Waals surface area contributed by atoms with E-state index in [0.717, 1.165) is 66.1 Å². The van der Waals surface area contributed by atoms with Crippen molar-refractivity contribution in [1.29, 1.82) is 0 Å². The Kier molecular flexibility index (Phi) is 8.36. The average Bonchev–Trinajstić information content (AvgIpc) is 2.76. The molecule has 0 spiro atoms. The van der Waals surface area contributed by atoms with Crippen molar-refractivity contribution in [1.82, 2.24) is 23.3 Å². The van der Waals surface area contributed by atoms with Gasteiger partial charge in [0.1, 0.15) is 0 Å². The molecule has 0 aliphatic rings. The molecule has 7 heteroatoms. The maximum atomic E-state index is 9.57. The van der Waals surface area contributed by atoms with Gasteiger partial charge in [-0.25, -0.2) is 0 Å². The molecule has 0 aliphatic carbocycles. The molecular weight excluding hydrogens is 1070 g/mol. The monoisotopic (exact) mass is 1130 g/mol. The molecule has 0 radical (unpaired) electrons. The minimum absolute atomic E-state index is 0.109. The van der Waals surface area contributed by atoms with E-state index in [1.54, 1.807) is 12.1 Å². The van der Waals surface area contributed by atoms with Crippen LogP contribution in [0.1, 0.15) is 51.2 Å². The number of nitrogens with zero attached hydrogens (tertiary/aromatic N) is 5. The number of rotatable bonds is 8. The number of ether oxygens (including phenoxy) is 1. The van der Waals surface area contributed by atoms with Gasteiger partial charge in [0.2, 0.25) is 0 Å². The Morgan fingerprint density at radius 3 is 1.73 bits per heavy atom. The Morgan fingerprint density at radius 1 is 0.493 bits per heavy atom. The quantitative estimate of drug-likeness (QED) is 0.152. The van der Waals surface area contributed by atoms with E-state index in [2.05, 4.69) is 94.9 Å². The third kappa shape index (κ3) is 7.51. The summed E-state index contributed by atoms with van der Waals surface area (Å²) in [7, 11) is 0. The molecule has 0 aliphatic heterocycles. The van der Waals surface area contributed by atoms with Gasteiger partial charge in [-0.05, 0) is 30.9 Å². The molecule has 0 bridgehead atoms. The Morgan fingerprint density at radius 2 is 1.08 bits per heavy atom. The van der Waals surface area contributed by atoms with Crippen LogP contribution in [-0.2, 0) is 24.8 Å². The summed E-state index contributed by atoms with van der Waals surface area (Å²) >= 11 is 2.21. The second-order valence-corrected chi connectivity index (χ2v) is 20.4. The van der Waals surface area contributed by atoms with Crippen molar-refractivity contribution in [2.75, 3.05) is 0 Å². The fourth-order valence-electron chi connectivity index (χ4n) is 10.5. The summed E-state index contributed by atoms with van der Waals surface area (Å²) in [5.74, 6) is 1.92. The molecule has 0 N–H and O–H groups in total. The molecule has 356 valence electrons. The molecule has 0 amide bonds. The third-order valence-electron chi connectivity index (χ3n) is 13.7. The van der Waals surface area contributed by atoms with Crippen LogP contribution in [0, 0.1) is 17.7 Å². The first-order valence-electron chi connectivity index (χ1n) is 29.0. The van der Waals surface area contributed by atoms with E-state index in [0.29, 0.717) is 37.7 Å². The van der Waals surface area contributed by atoms with Crippen LogP contribution >= 0.6 is 0 Å². The SMILES string of the molecule is [2H]c1c([2H])c([2H])c(-c2cc(-n3c4ccccc4c4ccccc43)cc(-c3c([2H])c([2H])c([2H])c([2H])c3[2H])c2-n2[c](=[Pt])n(-c3cccc(Oc4ccc5c6cc(C)cc(C)c6n(-c6cc(C(C)(C)C)ccn6)c5c4)c3)c3ccccc32)c([2H])c1[2H]. The molecule has 0 atom stereocenters. The van der Waals surface area contributed by atoms with Crippen LogP contribution in [0.4, 0.5) is 0 Å². The van der Waals surface area contributed by atoms with Crippen LogP contribution in [0.3, 0.4) is 0 Å². The van der Waals surface area contributed by atoms with Gasteiger partial charge in [-0.3, -0.25) is 0 Å². The second-order valence-electron chi connectivity index (χ2n) is 19.4. The van der Waals surface area contributed by atoms with Crippen molar-refractivity contribution in [2.45, 2.75) is 40.0 Å². The Bertz CT molecular complexity index is 4810. The van der Waals surface area contributed by atoms with E-state index in [9.17, 15) is 5.48 Å². The molecule has 13 aromatic rings. The van der Waals surface area contributed by atoms with Crippen molar-refractivity contribution < 1.29 is 37.8 Å². The van der Waals surface area contributed by atoms with E-state index in [-0.39, 0.29) is 33.4 Å². The van der Waals surface area contributed by atoms with Gasteiger partial charge in [0.05, 0.1) is 0 Å². The van der Waals surface area contributed by atoms with E-state index < -0.39 is 60.4 Å². The van der Waals surface area contributed by atoms with Crippen LogP contribution in [0.25, 0.3) is 99.8 Å². The van der Waals surface area contributed by atoms with Crippen LogP contribution in [0.2, 0.25) is 0 Å². The van der Waals surface area contributed by atoms with Crippen LogP contribution in [0.15, 0.2) is 218 Å². The first-order chi connectivity index (χ1) is 39.7. The first kappa shape index (κ1) is 34.9. The van der Waals surface area contributed by atoms with Crippen LogP contribution in [0.5, 0.6) is 11.5 Å². The Labute approximate surface area is 449 Å². The van der Waals surface area contributed by atoms with Crippen molar-refractivity contribution in [2.24, 2.45) is 0 Å². The molecule has 0 saturated heterocycles. The first-order valence-corrected chi connectivity index (χ1v) is 25.2. The summed E-state index contributed by atoms with van der Waals surface area (Å²) in [6.45, 7) is 10.8.